The van der Waals surface area contributed by atoms with Crippen LogP contribution in [0.5, 0.6) is 0 Å². The number of nitrogens with one attached hydrogen (secondary N) is 1. The third kappa shape index (κ3) is 8.06. The van der Waals surface area contributed by atoms with Gasteiger partial charge in [-0.15, -0.1) is 0 Å². The Bertz CT molecular complexity index is 774. The van der Waals surface area contributed by atoms with Crippen molar-refractivity contribution in [3.63, 3.8) is 0 Å². The van der Waals surface area contributed by atoms with Crippen LogP contribution in [0.3, 0.4) is 0 Å². The first-order chi connectivity index (χ1) is 14.1. The summed E-state index contributed by atoms with van der Waals surface area (Å²) in [5.74, 6) is -1.33. The Kier molecular flexibility index (Phi) is 9.90. The molecule has 0 fully saturated rings. The van der Waals surface area contributed by atoms with Gasteiger partial charge in [-0.25, -0.2) is 9.18 Å². The zero-order valence-electron chi connectivity index (χ0n) is 17.1. The zero-order chi connectivity index (χ0) is 20.9. The van der Waals surface area contributed by atoms with E-state index in [0.717, 1.165) is 12.8 Å². The minimum absolute atomic E-state index is 0.117. The lowest BCUT2D eigenvalue weighted by atomic mass is 10.1. The highest BCUT2D eigenvalue weighted by molar-refractivity contribution is 6.04. The second-order valence-electron chi connectivity index (χ2n) is 7.12. The Morgan fingerprint density at radius 2 is 1.41 bits per heavy atom. The summed E-state index contributed by atoms with van der Waals surface area (Å²) in [7, 11) is 0. The number of carbonyl (C=O) groups excluding carboxylic acids is 2. The maximum absolute atomic E-state index is 13.6. The van der Waals surface area contributed by atoms with Crippen molar-refractivity contribution in [2.75, 3.05) is 11.9 Å². The molecule has 0 bridgehead atoms. The van der Waals surface area contributed by atoms with Gasteiger partial charge in [0.1, 0.15) is 5.82 Å². The Labute approximate surface area is 172 Å². The normalized spacial score (nSPS) is 10.6. The topological polar surface area (TPSA) is 55.4 Å². The van der Waals surface area contributed by atoms with Crippen LogP contribution < -0.4 is 5.32 Å². The highest BCUT2D eigenvalue weighted by atomic mass is 19.1. The second-order valence-corrected chi connectivity index (χ2v) is 7.12. The minimum Gasteiger partial charge on any atom is -0.462 e. The van der Waals surface area contributed by atoms with E-state index >= 15 is 0 Å². The highest BCUT2D eigenvalue weighted by Crippen LogP contribution is 2.15. The van der Waals surface area contributed by atoms with Crippen LogP contribution in [-0.4, -0.2) is 18.5 Å². The molecule has 1 amide bonds. The third-order valence-electron chi connectivity index (χ3n) is 4.74. The summed E-state index contributed by atoms with van der Waals surface area (Å²) in [5, 5.41) is 2.51. The van der Waals surface area contributed by atoms with Crippen molar-refractivity contribution < 1.29 is 18.7 Å². The average molecular weight is 400 g/mol. The van der Waals surface area contributed by atoms with E-state index in [1.807, 2.05) is 0 Å². The van der Waals surface area contributed by atoms with Crippen molar-refractivity contribution >= 4 is 17.6 Å². The first-order valence-corrected chi connectivity index (χ1v) is 10.4. The van der Waals surface area contributed by atoms with E-state index in [9.17, 15) is 14.0 Å². The van der Waals surface area contributed by atoms with Crippen LogP contribution in [0.2, 0.25) is 0 Å². The molecule has 0 heterocycles. The fourth-order valence-corrected chi connectivity index (χ4v) is 3.00. The first-order valence-electron chi connectivity index (χ1n) is 10.4. The first kappa shape index (κ1) is 22.6. The molecule has 0 aliphatic rings. The van der Waals surface area contributed by atoms with Crippen molar-refractivity contribution in [2.24, 2.45) is 0 Å². The van der Waals surface area contributed by atoms with E-state index < -0.39 is 17.7 Å². The van der Waals surface area contributed by atoms with Gasteiger partial charge in [0.25, 0.3) is 5.91 Å². The van der Waals surface area contributed by atoms with E-state index in [0.29, 0.717) is 17.7 Å². The molecule has 2 aromatic carbocycles. The molecule has 0 aliphatic carbocycles. The molecule has 0 saturated carbocycles. The molecule has 0 aliphatic heterocycles. The highest BCUT2D eigenvalue weighted by Gasteiger charge is 2.11. The lowest BCUT2D eigenvalue weighted by Crippen LogP contribution is -2.13. The molecule has 29 heavy (non-hydrogen) atoms. The van der Waals surface area contributed by atoms with Gasteiger partial charge in [-0.1, -0.05) is 64.0 Å². The van der Waals surface area contributed by atoms with E-state index in [1.165, 1.54) is 62.8 Å². The van der Waals surface area contributed by atoms with Crippen LogP contribution in [0, 0.1) is 5.82 Å². The van der Waals surface area contributed by atoms with Crippen LogP contribution >= 0.6 is 0 Å². The number of anilines is 1. The molecule has 0 radical (unpaired) electrons. The van der Waals surface area contributed by atoms with Gasteiger partial charge in [0, 0.05) is 5.56 Å². The SMILES string of the molecule is CCCCCCCCCCOC(=O)c1ccc(C(=O)Nc2ccccc2F)cc1. The van der Waals surface area contributed by atoms with E-state index in [2.05, 4.69) is 12.2 Å². The number of para-hydroxylation sites is 1. The zero-order valence-corrected chi connectivity index (χ0v) is 17.1. The fraction of sp³-hybridized carbons (Fsp3) is 0.417. The van der Waals surface area contributed by atoms with Crippen LogP contribution in [0.15, 0.2) is 48.5 Å². The number of rotatable bonds is 12. The van der Waals surface area contributed by atoms with Gasteiger partial charge in [0.2, 0.25) is 0 Å². The Hall–Kier alpha value is -2.69. The molecule has 4 nitrogen and oxygen atoms in total. The van der Waals surface area contributed by atoms with Gasteiger partial charge in [-0.05, 0) is 42.8 Å². The molecule has 0 unspecified atom stereocenters. The summed E-state index contributed by atoms with van der Waals surface area (Å²) in [6, 6.07) is 12.1. The molecular formula is C24H30FNO3. The van der Waals surface area contributed by atoms with Crippen LogP contribution in [0.1, 0.15) is 79.0 Å². The summed E-state index contributed by atoms with van der Waals surface area (Å²) in [6.07, 6.45) is 9.49. The summed E-state index contributed by atoms with van der Waals surface area (Å²) in [6.45, 7) is 2.62. The molecule has 156 valence electrons. The van der Waals surface area contributed by atoms with Crippen LogP contribution in [-0.2, 0) is 4.74 Å². The Balaban J connectivity index is 1.70. The van der Waals surface area contributed by atoms with Crippen molar-refractivity contribution in [2.45, 2.75) is 58.3 Å². The smallest absolute Gasteiger partial charge is 0.338 e. The van der Waals surface area contributed by atoms with Gasteiger partial charge < -0.3 is 10.1 Å². The lowest BCUT2D eigenvalue weighted by Gasteiger charge is -2.08. The standard InChI is InChI=1S/C24H30FNO3/c1-2-3-4-5-6-7-8-11-18-29-24(28)20-16-14-19(15-17-20)23(27)26-22-13-10-9-12-21(22)25/h9-10,12-17H,2-8,11,18H2,1H3,(H,26,27). The van der Waals surface area contributed by atoms with Gasteiger partial charge in [-0.2, -0.15) is 0 Å². The molecule has 1 N–H and O–H groups in total. The number of amides is 1. The van der Waals surface area contributed by atoms with Crippen molar-refractivity contribution in [3.05, 3.63) is 65.5 Å². The monoisotopic (exact) mass is 399 g/mol. The number of benzene rings is 2. The maximum atomic E-state index is 13.6. The number of hydrogen-bond donors (Lipinski definition) is 1. The molecular weight excluding hydrogens is 369 g/mol. The predicted molar refractivity (Wildman–Crippen MR) is 114 cm³/mol. The van der Waals surface area contributed by atoms with Crippen molar-refractivity contribution in [3.8, 4) is 0 Å². The second kappa shape index (κ2) is 12.7. The molecule has 2 aromatic rings. The largest absolute Gasteiger partial charge is 0.462 e. The van der Waals surface area contributed by atoms with E-state index in [1.54, 1.807) is 24.3 Å². The quantitative estimate of drug-likeness (QED) is 0.333. The summed E-state index contributed by atoms with van der Waals surface area (Å²) < 4.78 is 18.9. The van der Waals surface area contributed by atoms with Crippen LogP contribution in [0.25, 0.3) is 0 Å². The molecule has 0 spiro atoms. The maximum Gasteiger partial charge on any atom is 0.338 e. The number of hydrogen-bond acceptors (Lipinski definition) is 3. The lowest BCUT2D eigenvalue weighted by molar-refractivity contribution is 0.0497. The number of ether oxygens (including phenoxy) is 1. The number of carbonyl (C=O) groups is 2. The van der Waals surface area contributed by atoms with E-state index in [4.69, 9.17) is 4.74 Å². The summed E-state index contributed by atoms with van der Waals surface area (Å²) >= 11 is 0. The van der Waals surface area contributed by atoms with E-state index in [-0.39, 0.29) is 5.69 Å². The summed E-state index contributed by atoms with van der Waals surface area (Å²) in [4.78, 5) is 24.3. The van der Waals surface area contributed by atoms with Crippen molar-refractivity contribution in [1.82, 2.24) is 0 Å². The van der Waals surface area contributed by atoms with Gasteiger partial charge in [0.05, 0.1) is 17.9 Å². The molecule has 0 saturated heterocycles. The number of unbranched alkanes of at least 4 members (excludes halogenated alkanes) is 7. The molecule has 5 heteroatoms. The van der Waals surface area contributed by atoms with Gasteiger partial charge >= 0.3 is 5.97 Å². The summed E-state index contributed by atoms with van der Waals surface area (Å²) in [5.41, 5.74) is 0.853. The molecule has 0 atom stereocenters. The van der Waals surface area contributed by atoms with Gasteiger partial charge in [-0.3, -0.25) is 4.79 Å². The Morgan fingerprint density at radius 1 is 0.828 bits per heavy atom. The molecule has 2 rings (SSSR count). The van der Waals surface area contributed by atoms with Crippen molar-refractivity contribution in [1.29, 1.82) is 0 Å². The predicted octanol–water partition coefficient (Wildman–Crippen LogP) is 6.38. The van der Waals surface area contributed by atoms with Crippen LogP contribution in [0.4, 0.5) is 10.1 Å². The number of halogens is 1. The molecule has 0 aromatic heterocycles. The number of esters is 1. The fourth-order valence-electron chi connectivity index (χ4n) is 3.00. The average Bonchev–Trinajstić information content (AvgIpc) is 2.74. The minimum atomic E-state index is -0.498. The Morgan fingerprint density at radius 3 is 2.07 bits per heavy atom. The van der Waals surface area contributed by atoms with Gasteiger partial charge in [0.15, 0.2) is 0 Å². The third-order valence-corrected chi connectivity index (χ3v) is 4.74.